The monoisotopic (exact) mass is 495 g/mol. The van der Waals surface area contributed by atoms with Gasteiger partial charge in [-0.3, -0.25) is 9.36 Å². The molecule has 0 saturated carbocycles. The van der Waals surface area contributed by atoms with Crippen molar-refractivity contribution >= 4 is 35.5 Å². The van der Waals surface area contributed by atoms with Crippen LogP contribution in [-0.2, 0) is 14.1 Å². The van der Waals surface area contributed by atoms with Gasteiger partial charge in [-0.15, -0.1) is 0 Å². The zero-order valence-corrected chi connectivity index (χ0v) is 21.6. The molecule has 0 aliphatic carbocycles. The Kier molecular flexibility index (Phi) is 7.69. The predicted octanol–water partition coefficient (Wildman–Crippen LogP) is 6.05. The van der Waals surface area contributed by atoms with Gasteiger partial charge in [0.1, 0.15) is 5.54 Å². The molecule has 0 saturated heterocycles. The molecule has 4 aromatic rings. The molecule has 4 rings (SSSR count). The molecule has 1 atom stereocenters. The van der Waals surface area contributed by atoms with Crippen LogP contribution in [0.2, 0.25) is 0 Å². The molecule has 0 bridgehead atoms. The second kappa shape index (κ2) is 10.9. The minimum atomic E-state index is -3.52. The van der Waals surface area contributed by atoms with E-state index in [0.717, 1.165) is 22.3 Å². The maximum Gasteiger partial charge on any atom is 0.325 e. The maximum absolute atomic E-state index is 15.1. The van der Waals surface area contributed by atoms with Gasteiger partial charge in [0.05, 0.1) is 7.11 Å². The fourth-order valence-corrected chi connectivity index (χ4v) is 7.05. The van der Waals surface area contributed by atoms with Gasteiger partial charge < -0.3 is 4.74 Å². The summed E-state index contributed by atoms with van der Waals surface area (Å²) in [6, 6.07) is 37.1. The highest BCUT2D eigenvalue weighted by Crippen LogP contribution is 2.44. The normalized spacial score (nSPS) is 13.6. The zero-order chi connectivity index (χ0) is 25.6. The summed E-state index contributed by atoms with van der Waals surface area (Å²) in [7, 11) is -2.18. The SMILES string of the molecule is COC(=O)C(C)(C)NP(=O)(c1ccccc1)c1ccccc1/C(=C/c1ccccc1)c1ccccc1. The van der Waals surface area contributed by atoms with E-state index in [1.165, 1.54) is 7.11 Å². The minimum absolute atomic E-state index is 0.487. The molecule has 0 heterocycles. The fraction of sp³-hybridized carbons (Fsp3) is 0.129. The van der Waals surface area contributed by atoms with E-state index >= 15 is 4.57 Å². The molecular formula is C31H30NO3P. The van der Waals surface area contributed by atoms with Crippen LogP contribution in [0.5, 0.6) is 0 Å². The van der Waals surface area contributed by atoms with Gasteiger partial charge in [-0.1, -0.05) is 97.1 Å². The first-order valence-corrected chi connectivity index (χ1v) is 13.5. The molecule has 0 fully saturated rings. The number of carbonyl (C=O) groups excluding carboxylic acids is 1. The number of rotatable bonds is 8. The van der Waals surface area contributed by atoms with Crippen LogP contribution >= 0.6 is 7.29 Å². The highest BCUT2D eigenvalue weighted by atomic mass is 31.2. The number of nitrogens with one attached hydrogen (secondary N) is 1. The Morgan fingerprint density at radius 3 is 1.92 bits per heavy atom. The van der Waals surface area contributed by atoms with Gasteiger partial charge >= 0.3 is 5.97 Å². The van der Waals surface area contributed by atoms with E-state index in [9.17, 15) is 4.79 Å². The van der Waals surface area contributed by atoms with Crippen molar-refractivity contribution in [1.82, 2.24) is 5.09 Å². The molecular weight excluding hydrogens is 465 g/mol. The molecule has 0 radical (unpaired) electrons. The Hall–Kier alpha value is -3.72. The standard InChI is InChI=1S/C31H30NO3P/c1-31(2,30(33)35-3)32-36(34,26-19-11-6-12-20-26)29-22-14-13-21-27(29)28(25-17-9-5-10-18-25)23-24-15-7-4-8-16-24/h4-23H,1-3H3,(H,32,34)/b28-23+. The first-order chi connectivity index (χ1) is 17.3. The smallest absolute Gasteiger partial charge is 0.325 e. The van der Waals surface area contributed by atoms with Gasteiger partial charge in [-0.25, -0.2) is 5.09 Å². The van der Waals surface area contributed by atoms with Crippen molar-refractivity contribution in [3.63, 3.8) is 0 Å². The summed E-state index contributed by atoms with van der Waals surface area (Å²) in [6.07, 6.45) is 2.11. The summed E-state index contributed by atoms with van der Waals surface area (Å²) in [6.45, 7) is 3.38. The van der Waals surface area contributed by atoms with Crippen molar-refractivity contribution in [2.45, 2.75) is 19.4 Å². The van der Waals surface area contributed by atoms with Gasteiger partial charge in [0, 0.05) is 10.6 Å². The van der Waals surface area contributed by atoms with Gasteiger partial charge in [-0.05, 0) is 60.4 Å². The average molecular weight is 496 g/mol. The molecule has 182 valence electrons. The van der Waals surface area contributed by atoms with Gasteiger partial charge in [0.2, 0.25) is 7.29 Å². The molecule has 0 aliphatic rings. The van der Waals surface area contributed by atoms with Crippen molar-refractivity contribution in [3.8, 4) is 0 Å². The van der Waals surface area contributed by atoms with Crippen LogP contribution < -0.4 is 15.7 Å². The third-order valence-electron chi connectivity index (χ3n) is 5.98. The van der Waals surface area contributed by atoms with Gasteiger partial charge in [0.15, 0.2) is 0 Å². The molecule has 1 unspecified atom stereocenters. The summed E-state index contributed by atoms with van der Waals surface area (Å²) in [5, 5.41) is 4.45. The van der Waals surface area contributed by atoms with Crippen LogP contribution in [0, 0.1) is 0 Å². The first kappa shape index (κ1) is 25.4. The van der Waals surface area contributed by atoms with E-state index in [4.69, 9.17) is 4.74 Å². The Balaban J connectivity index is 1.98. The molecule has 1 N–H and O–H groups in total. The largest absolute Gasteiger partial charge is 0.468 e. The molecule has 5 heteroatoms. The Morgan fingerprint density at radius 1 is 0.778 bits per heavy atom. The van der Waals surface area contributed by atoms with Crippen molar-refractivity contribution in [2.75, 3.05) is 7.11 Å². The number of carbonyl (C=O) groups is 1. The van der Waals surface area contributed by atoms with Crippen LogP contribution in [0.4, 0.5) is 0 Å². The molecule has 4 nitrogen and oxygen atoms in total. The topological polar surface area (TPSA) is 55.4 Å². The summed E-state index contributed by atoms with van der Waals surface area (Å²) in [4.78, 5) is 12.6. The lowest BCUT2D eigenvalue weighted by Crippen LogP contribution is -2.49. The first-order valence-electron chi connectivity index (χ1n) is 11.8. The van der Waals surface area contributed by atoms with Crippen LogP contribution in [0.25, 0.3) is 11.6 Å². The van der Waals surface area contributed by atoms with Crippen LogP contribution in [0.3, 0.4) is 0 Å². The lowest BCUT2D eigenvalue weighted by molar-refractivity contribution is -0.146. The Labute approximate surface area is 213 Å². The molecule has 0 aliphatic heterocycles. The second-order valence-corrected chi connectivity index (χ2v) is 11.5. The zero-order valence-electron chi connectivity index (χ0n) is 20.7. The molecule has 0 amide bonds. The van der Waals surface area contributed by atoms with E-state index < -0.39 is 18.8 Å². The lowest BCUT2D eigenvalue weighted by Gasteiger charge is -2.31. The van der Waals surface area contributed by atoms with Crippen molar-refractivity contribution in [2.24, 2.45) is 0 Å². The molecule has 0 spiro atoms. The summed E-state index contributed by atoms with van der Waals surface area (Å²) in [5.74, 6) is -0.487. The molecule has 4 aromatic carbocycles. The maximum atomic E-state index is 15.1. The quantitative estimate of drug-likeness (QED) is 0.184. The number of ether oxygens (including phenoxy) is 1. The van der Waals surface area contributed by atoms with Crippen molar-refractivity contribution in [1.29, 1.82) is 0 Å². The molecule has 0 aromatic heterocycles. The Bertz CT molecular complexity index is 1400. The van der Waals surface area contributed by atoms with Gasteiger partial charge in [0.25, 0.3) is 0 Å². The number of benzene rings is 4. The minimum Gasteiger partial charge on any atom is -0.468 e. The predicted molar refractivity (Wildman–Crippen MR) is 149 cm³/mol. The summed E-state index contributed by atoms with van der Waals surface area (Å²) < 4.78 is 20.1. The fourth-order valence-electron chi connectivity index (χ4n) is 4.22. The van der Waals surface area contributed by atoms with Crippen LogP contribution in [-0.4, -0.2) is 18.6 Å². The van der Waals surface area contributed by atoms with Crippen LogP contribution in [0.15, 0.2) is 115 Å². The summed E-state index contributed by atoms with van der Waals surface area (Å²) >= 11 is 0. The third kappa shape index (κ3) is 5.41. The van der Waals surface area contributed by atoms with Crippen LogP contribution in [0.1, 0.15) is 30.5 Å². The van der Waals surface area contributed by atoms with Gasteiger partial charge in [-0.2, -0.15) is 0 Å². The lowest BCUT2D eigenvalue weighted by atomic mass is 9.95. The number of hydrogen-bond donors (Lipinski definition) is 1. The highest BCUT2D eigenvalue weighted by Gasteiger charge is 2.40. The van der Waals surface area contributed by atoms with E-state index in [1.54, 1.807) is 13.8 Å². The summed E-state index contributed by atoms with van der Waals surface area (Å²) in [5.41, 5.74) is 2.60. The average Bonchev–Trinajstić information content (AvgIpc) is 2.92. The third-order valence-corrected chi connectivity index (χ3v) is 8.95. The molecule has 36 heavy (non-hydrogen) atoms. The number of methoxy groups -OCH3 is 1. The Morgan fingerprint density at radius 2 is 1.31 bits per heavy atom. The van der Waals surface area contributed by atoms with Crippen molar-refractivity contribution < 1.29 is 14.1 Å². The number of esters is 1. The second-order valence-electron chi connectivity index (χ2n) is 9.03. The van der Waals surface area contributed by atoms with E-state index in [1.807, 2.05) is 115 Å². The highest BCUT2D eigenvalue weighted by molar-refractivity contribution is 7.77. The number of hydrogen-bond acceptors (Lipinski definition) is 3. The van der Waals surface area contributed by atoms with E-state index in [-0.39, 0.29) is 0 Å². The van der Waals surface area contributed by atoms with E-state index in [2.05, 4.69) is 11.2 Å². The van der Waals surface area contributed by atoms with Crippen molar-refractivity contribution in [3.05, 3.63) is 132 Å². The van der Waals surface area contributed by atoms with E-state index in [0.29, 0.717) is 10.6 Å².